The number of ether oxygens (including phenoxy) is 4. The van der Waals surface area contributed by atoms with E-state index in [-0.39, 0.29) is 11.9 Å². The molecule has 146 valence electrons. The number of methoxy groups -OCH3 is 3. The first kappa shape index (κ1) is 20.4. The summed E-state index contributed by atoms with van der Waals surface area (Å²) in [4.78, 5) is 12.7. The fraction of sp³-hybridized carbons (Fsp3) is 0.381. The van der Waals surface area contributed by atoms with Gasteiger partial charge in [0.2, 0.25) is 0 Å². The minimum atomic E-state index is -0.615. The average molecular weight is 373 g/mol. The van der Waals surface area contributed by atoms with E-state index in [2.05, 4.69) is 5.32 Å². The number of benzene rings is 2. The van der Waals surface area contributed by atoms with Gasteiger partial charge in [0.15, 0.2) is 6.10 Å². The molecule has 0 bridgehead atoms. The first-order valence-electron chi connectivity index (χ1n) is 8.85. The van der Waals surface area contributed by atoms with Gasteiger partial charge in [-0.25, -0.2) is 0 Å². The molecule has 6 heteroatoms. The molecule has 0 aromatic heterocycles. The second-order valence-corrected chi connectivity index (χ2v) is 6.03. The van der Waals surface area contributed by atoms with Gasteiger partial charge in [0.25, 0.3) is 5.91 Å². The van der Waals surface area contributed by atoms with Gasteiger partial charge < -0.3 is 24.3 Å². The quantitative estimate of drug-likeness (QED) is 0.725. The number of carbonyl (C=O) groups excluding carboxylic acids is 1. The smallest absolute Gasteiger partial charge is 0.261 e. The van der Waals surface area contributed by atoms with Crippen LogP contribution in [-0.2, 0) is 4.79 Å². The van der Waals surface area contributed by atoms with Crippen molar-refractivity contribution in [3.63, 3.8) is 0 Å². The van der Waals surface area contributed by atoms with Gasteiger partial charge >= 0.3 is 0 Å². The van der Waals surface area contributed by atoms with E-state index in [9.17, 15) is 4.79 Å². The maximum atomic E-state index is 12.7. The average Bonchev–Trinajstić information content (AvgIpc) is 2.71. The Morgan fingerprint density at radius 2 is 1.63 bits per heavy atom. The summed E-state index contributed by atoms with van der Waals surface area (Å²) in [5.41, 5.74) is 0.835. The van der Waals surface area contributed by atoms with Crippen LogP contribution in [0.4, 0.5) is 0 Å². The van der Waals surface area contributed by atoms with Crippen LogP contribution in [0.5, 0.6) is 23.0 Å². The highest BCUT2D eigenvalue weighted by molar-refractivity contribution is 5.81. The predicted octanol–water partition coefficient (Wildman–Crippen LogP) is 3.75. The van der Waals surface area contributed by atoms with Gasteiger partial charge in [0.05, 0.1) is 27.4 Å². The van der Waals surface area contributed by atoms with Crippen molar-refractivity contribution in [1.29, 1.82) is 0 Å². The Morgan fingerprint density at radius 3 is 2.26 bits per heavy atom. The normalized spacial score (nSPS) is 12.6. The van der Waals surface area contributed by atoms with Gasteiger partial charge in [0.1, 0.15) is 23.0 Å². The van der Waals surface area contributed by atoms with E-state index in [1.54, 1.807) is 33.5 Å². The lowest BCUT2D eigenvalue weighted by molar-refractivity contribution is -0.128. The number of amides is 1. The molecule has 27 heavy (non-hydrogen) atoms. The van der Waals surface area contributed by atoms with E-state index < -0.39 is 6.10 Å². The summed E-state index contributed by atoms with van der Waals surface area (Å²) in [6, 6.07) is 12.4. The van der Waals surface area contributed by atoms with Crippen molar-refractivity contribution in [3.8, 4) is 23.0 Å². The molecular formula is C21H27NO5. The molecule has 0 aliphatic rings. The van der Waals surface area contributed by atoms with Crippen LogP contribution in [0.1, 0.15) is 31.9 Å². The number of nitrogens with one attached hydrogen (secondary N) is 1. The van der Waals surface area contributed by atoms with Crippen LogP contribution in [0.15, 0.2) is 42.5 Å². The van der Waals surface area contributed by atoms with E-state index in [1.165, 1.54) is 0 Å². The highest BCUT2D eigenvalue weighted by Gasteiger charge is 2.22. The molecule has 1 N–H and O–H groups in total. The van der Waals surface area contributed by atoms with Crippen LogP contribution in [0.3, 0.4) is 0 Å². The van der Waals surface area contributed by atoms with Crippen molar-refractivity contribution >= 4 is 5.91 Å². The van der Waals surface area contributed by atoms with Crippen molar-refractivity contribution in [3.05, 3.63) is 48.0 Å². The lowest BCUT2D eigenvalue weighted by atomic mass is 10.1. The molecular weight excluding hydrogens is 346 g/mol. The summed E-state index contributed by atoms with van der Waals surface area (Å²) in [5, 5.41) is 2.99. The minimum absolute atomic E-state index is 0.197. The molecule has 6 nitrogen and oxygen atoms in total. The zero-order chi connectivity index (χ0) is 19.8. The van der Waals surface area contributed by atoms with Gasteiger partial charge in [0, 0.05) is 11.6 Å². The van der Waals surface area contributed by atoms with Crippen molar-refractivity contribution in [2.75, 3.05) is 21.3 Å². The van der Waals surface area contributed by atoms with Crippen LogP contribution in [0, 0.1) is 0 Å². The molecule has 0 aliphatic heterocycles. The summed E-state index contributed by atoms with van der Waals surface area (Å²) in [6.07, 6.45) is -0.0819. The highest BCUT2D eigenvalue weighted by Crippen LogP contribution is 2.29. The van der Waals surface area contributed by atoms with Crippen molar-refractivity contribution in [2.24, 2.45) is 0 Å². The summed E-state index contributed by atoms with van der Waals surface area (Å²) in [5.74, 6) is 2.45. The van der Waals surface area contributed by atoms with Crippen LogP contribution in [-0.4, -0.2) is 33.3 Å². The fourth-order valence-corrected chi connectivity index (χ4v) is 2.72. The molecule has 0 fully saturated rings. The number of carbonyl (C=O) groups is 1. The summed E-state index contributed by atoms with van der Waals surface area (Å²) >= 11 is 0. The van der Waals surface area contributed by atoms with E-state index >= 15 is 0 Å². The number of hydrogen-bond acceptors (Lipinski definition) is 5. The maximum Gasteiger partial charge on any atom is 0.261 e. The van der Waals surface area contributed by atoms with Crippen LogP contribution < -0.4 is 24.3 Å². The molecule has 0 saturated carbocycles. The molecule has 1 amide bonds. The van der Waals surface area contributed by atoms with E-state index in [4.69, 9.17) is 18.9 Å². The van der Waals surface area contributed by atoms with Crippen molar-refractivity contribution in [2.45, 2.75) is 32.4 Å². The van der Waals surface area contributed by atoms with Gasteiger partial charge in [-0.3, -0.25) is 4.79 Å². The summed E-state index contributed by atoms with van der Waals surface area (Å²) in [7, 11) is 4.79. The Morgan fingerprint density at radius 1 is 0.963 bits per heavy atom. The minimum Gasteiger partial charge on any atom is -0.497 e. The molecule has 0 unspecified atom stereocenters. The van der Waals surface area contributed by atoms with E-state index in [1.807, 2.05) is 44.2 Å². The van der Waals surface area contributed by atoms with Gasteiger partial charge in [-0.05, 0) is 43.7 Å². The van der Waals surface area contributed by atoms with Crippen LogP contribution >= 0.6 is 0 Å². The first-order valence-corrected chi connectivity index (χ1v) is 8.85. The Labute approximate surface area is 160 Å². The molecule has 0 heterocycles. The summed E-state index contributed by atoms with van der Waals surface area (Å²) in [6.45, 7) is 3.80. The Kier molecular flexibility index (Phi) is 7.34. The largest absolute Gasteiger partial charge is 0.497 e. The predicted molar refractivity (Wildman–Crippen MR) is 104 cm³/mol. The van der Waals surface area contributed by atoms with Crippen LogP contribution in [0.2, 0.25) is 0 Å². The third kappa shape index (κ3) is 5.29. The molecule has 2 aromatic carbocycles. The molecule has 0 saturated heterocycles. The third-order valence-electron chi connectivity index (χ3n) is 4.24. The fourth-order valence-electron chi connectivity index (χ4n) is 2.72. The second-order valence-electron chi connectivity index (χ2n) is 6.03. The van der Waals surface area contributed by atoms with Crippen molar-refractivity contribution < 1.29 is 23.7 Å². The molecule has 2 aromatic rings. The first-order chi connectivity index (χ1) is 13.0. The van der Waals surface area contributed by atoms with Crippen molar-refractivity contribution in [1.82, 2.24) is 5.32 Å². The zero-order valence-electron chi connectivity index (χ0n) is 16.4. The molecule has 2 rings (SSSR count). The molecule has 0 radical (unpaired) electrons. The van der Waals surface area contributed by atoms with Gasteiger partial charge in [-0.15, -0.1) is 0 Å². The SMILES string of the molecule is CC[C@@H](Oc1cccc(OC)c1)C(=O)N[C@H](C)c1cc(OC)ccc1OC. The molecule has 2 atom stereocenters. The Hall–Kier alpha value is -2.89. The standard InChI is InChI=1S/C21H27NO5/c1-6-19(27-17-9-7-8-15(12-17)24-3)21(23)22-14(2)18-13-16(25-4)10-11-20(18)26-5/h7-14,19H,6H2,1-5H3,(H,22,23)/t14-,19-/m1/s1. The van der Waals surface area contributed by atoms with Gasteiger partial charge in [-0.2, -0.15) is 0 Å². The lowest BCUT2D eigenvalue weighted by Crippen LogP contribution is -2.39. The molecule has 0 spiro atoms. The Bertz CT molecular complexity index is 762. The zero-order valence-corrected chi connectivity index (χ0v) is 16.4. The van der Waals surface area contributed by atoms with Gasteiger partial charge in [-0.1, -0.05) is 13.0 Å². The number of hydrogen-bond donors (Lipinski definition) is 1. The highest BCUT2D eigenvalue weighted by atomic mass is 16.5. The second kappa shape index (κ2) is 9.71. The maximum absolute atomic E-state index is 12.7. The Balaban J connectivity index is 2.11. The topological polar surface area (TPSA) is 66.0 Å². The van der Waals surface area contributed by atoms with E-state index in [0.29, 0.717) is 29.4 Å². The lowest BCUT2D eigenvalue weighted by Gasteiger charge is -2.22. The molecule has 0 aliphatic carbocycles. The van der Waals surface area contributed by atoms with E-state index in [0.717, 1.165) is 5.56 Å². The summed E-state index contributed by atoms with van der Waals surface area (Å²) < 4.78 is 21.7. The number of rotatable bonds is 9. The van der Waals surface area contributed by atoms with Crippen LogP contribution in [0.25, 0.3) is 0 Å². The monoisotopic (exact) mass is 373 g/mol. The third-order valence-corrected chi connectivity index (χ3v) is 4.24.